The first-order valence-corrected chi connectivity index (χ1v) is 9.69. The number of rotatable bonds is 8. The summed E-state index contributed by atoms with van der Waals surface area (Å²) in [6.45, 7) is 4.89. The van der Waals surface area contributed by atoms with E-state index in [1.54, 1.807) is 7.11 Å². The van der Waals surface area contributed by atoms with Gasteiger partial charge in [0.25, 0.3) is 0 Å². The summed E-state index contributed by atoms with van der Waals surface area (Å²) in [5.74, 6) is 1.89. The van der Waals surface area contributed by atoms with Gasteiger partial charge in [0.05, 0.1) is 13.7 Å². The zero-order chi connectivity index (χ0) is 19.8. The van der Waals surface area contributed by atoms with E-state index < -0.39 is 0 Å². The largest absolute Gasteiger partial charge is 0.497 e. The predicted octanol–water partition coefficient (Wildman–Crippen LogP) is 2.35. The number of piperazine rings is 1. The molecule has 0 unspecified atom stereocenters. The Morgan fingerprint density at radius 1 is 0.964 bits per heavy atom. The van der Waals surface area contributed by atoms with Gasteiger partial charge in [0, 0.05) is 38.4 Å². The minimum absolute atomic E-state index is 0.177. The highest BCUT2D eigenvalue weighted by Crippen LogP contribution is 2.20. The summed E-state index contributed by atoms with van der Waals surface area (Å²) in [6, 6.07) is 17.8. The summed E-state index contributed by atoms with van der Waals surface area (Å²) >= 11 is 0. The van der Waals surface area contributed by atoms with Crippen LogP contribution in [0.25, 0.3) is 0 Å². The van der Waals surface area contributed by atoms with E-state index in [4.69, 9.17) is 9.47 Å². The van der Waals surface area contributed by atoms with Crippen molar-refractivity contribution in [1.82, 2.24) is 9.80 Å². The van der Waals surface area contributed by atoms with Gasteiger partial charge in [-0.05, 0) is 43.4 Å². The molecule has 1 aliphatic heterocycles. The van der Waals surface area contributed by atoms with Crippen LogP contribution in [0.3, 0.4) is 0 Å². The molecule has 150 valence electrons. The zero-order valence-electron chi connectivity index (χ0n) is 16.7. The Hall–Kier alpha value is -2.73. The summed E-state index contributed by atoms with van der Waals surface area (Å²) in [6.07, 6.45) is 0. The van der Waals surface area contributed by atoms with Crippen molar-refractivity contribution in [3.05, 3.63) is 54.6 Å². The van der Waals surface area contributed by atoms with Crippen molar-refractivity contribution < 1.29 is 14.3 Å². The van der Waals surface area contributed by atoms with Crippen LogP contribution in [0.5, 0.6) is 11.5 Å². The number of para-hydroxylation sites is 1. The average Bonchev–Trinajstić information content (AvgIpc) is 2.74. The molecule has 1 amide bonds. The number of carbonyl (C=O) groups excluding carboxylic acids is 1. The number of anilines is 1. The lowest BCUT2D eigenvalue weighted by atomic mass is 10.2. The second kappa shape index (κ2) is 9.99. The van der Waals surface area contributed by atoms with Crippen LogP contribution in [0.15, 0.2) is 54.6 Å². The Kier molecular flexibility index (Phi) is 7.14. The average molecular weight is 383 g/mol. The fraction of sp³-hybridized carbons (Fsp3) is 0.409. The number of amides is 1. The van der Waals surface area contributed by atoms with E-state index >= 15 is 0 Å². The predicted molar refractivity (Wildman–Crippen MR) is 111 cm³/mol. The van der Waals surface area contributed by atoms with Gasteiger partial charge in [-0.15, -0.1) is 0 Å². The molecule has 1 aliphatic rings. The van der Waals surface area contributed by atoms with Gasteiger partial charge in [0.2, 0.25) is 5.91 Å². The normalized spacial score (nSPS) is 14.2. The fourth-order valence-electron chi connectivity index (χ4n) is 3.25. The van der Waals surface area contributed by atoms with E-state index in [0.29, 0.717) is 19.7 Å². The van der Waals surface area contributed by atoms with Crippen molar-refractivity contribution in [3.8, 4) is 11.5 Å². The van der Waals surface area contributed by atoms with Crippen molar-refractivity contribution in [2.75, 3.05) is 64.9 Å². The van der Waals surface area contributed by atoms with Crippen molar-refractivity contribution >= 4 is 11.6 Å². The summed E-state index contributed by atoms with van der Waals surface area (Å²) in [5, 5.41) is 0. The molecule has 2 aromatic carbocycles. The molecule has 0 saturated carbocycles. The van der Waals surface area contributed by atoms with E-state index in [-0.39, 0.29) is 5.91 Å². The van der Waals surface area contributed by atoms with Gasteiger partial charge in [-0.2, -0.15) is 0 Å². The first-order chi connectivity index (χ1) is 13.7. The molecule has 0 aromatic heterocycles. The lowest BCUT2D eigenvalue weighted by Gasteiger charge is -2.36. The van der Waals surface area contributed by atoms with Crippen molar-refractivity contribution in [2.24, 2.45) is 0 Å². The molecule has 6 nitrogen and oxygen atoms in total. The maximum absolute atomic E-state index is 12.6. The first kappa shape index (κ1) is 20.0. The second-order valence-electron chi connectivity index (χ2n) is 6.97. The topological polar surface area (TPSA) is 45.2 Å². The number of likely N-dealkylation sites (N-methyl/N-ethyl adjacent to an activating group) is 1. The van der Waals surface area contributed by atoms with Crippen LogP contribution in [-0.4, -0.2) is 75.7 Å². The molecule has 0 atom stereocenters. The highest BCUT2D eigenvalue weighted by Gasteiger charge is 2.22. The van der Waals surface area contributed by atoms with Crippen LogP contribution in [0.2, 0.25) is 0 Å². The third kappa shape index (κ3) is 5.63. The second-order valence-corrected chi connectivity index (χ2v) is 6.97. The van der Waals surface area contributed by atoms with Gasteiger partial charge in [-0.25, -0.2) is 0 Å². The highest BCUT2D eigenvalue weighted by molar-refractivity contribution is 5.78. The first-order valence-electron chi connectivity index (χ1n) is 9.69. The van der Waals surface area contributed by atoms with Crippen LogP contribution in [0, 0.1) is 0 Å². The Labute approximate surface area is 167 Å². The molecule has 0 bridgehead atoms. The van der Waals surface area contributed by atoms with Gasteiger partial charge in [-0.1, -0.05) is 18.2 Å². The quantitative estimate of drug-likeness (QED) is 0.700. The van der Waals surface area contributed by atoms with Crippen molar-refractivity contribution in [3.63, 3.8) is 0 Å². The summed E-state index contributed by atoms with van der Waals surface area (Å²) in [7, 11) is 3.63. The van der Waals surface area contributed by atoms with Crippen LogP contribution < -0.4 is 14.4 Å². The van der Waals surface area contributed by atoms with E-state index in [1.807, 2.05) is 59.3 Å². The minimum Gasteiger partial charge on any atom is -0.497 e. The maximum atomic E-state index is 12.6. The standard InChI is InChI=1S/C22H29N3O3/c1-23(16-17-28-21-6-4-3-5-7-21)18-22(26)25-14-12-24(13-15-25)19-8-10-20(27-2)11-9-19/h3-11H,12-18H2,1-2H3. The molecule has 0 spiro atoms. The molecule has 0 aliphatic carbocycles. The van der Waals surface area contributed by atoms with Crippen molar-refractivity contribution in [2.45, 2.75) is 0 Å². The maximum Gasteiger partial charge on any atom is 0.236 e. The van der Waals surface area contributed by atoms with Gasteiger partial charge in [0.1, 0.15) is 18.1 Å². The monoisotopic (exact) mass is 383 g/mol. The molecular weight excluding hydrogens is 354 g/mol. The van der Waals surface area contributed by atoms with Crippen LogP contribution in [-0.2, 0) is 4.79 Å². The Morgan fingerprint density at radius 2 is 1.64 bits per heavy atom. The third-order valence-electron chi connectivity index (χ3n) is 4.96. The number of hydrogen-bond acceptors (Lipinski definition) is 5. The molecule has 0 N–H and O–H groups in total. The third-order valence-corrected chi connectivity index (χ3v) is 4.96. The summed E-state index contributed by atoms with van der Waals surface area (Å²) < 4.78 is 10.9. The molecule has 1 fully saturated rings. The number of nitrogens with zero attached hydrogens (tertiary/aromatic N) is 3. The van der Waals surface area contributed by atoms with Gasteiger partial charge >= 0.3 is 0 Å². The SMILES string of the molecule is COc1ccc(N2CCN(C(=O)CN(C)CCOc3ccccc3)CC2)cc1. The Morgan fingerprint density at radius 3 is 2.29 bits per heavy atom. The lowest BCUT2D eigenvalue weighted by molar-refractivity contribution is -0.132. The van der Waals surface area contributed by atoms with E-state index in [2.05, 4.69) is 17.0 Å². The minimum atomic E-state index is 0.177. The summed E-state index contributed by atoms with van der Waals surface area (Å²) in [5.41, 5.74) is 1.17. The number of carbonyl (C=O) groups is 1. The lowest BCUT2D eigenvalue weighted by Crippen LogP contribution is -2.51. The summed E-state index contributed by atoms with van der Waals surface area (Å²) in [4.78, 5) is 18.9. The number of hydrogen-bond donors (Lipinski definition) is 0. The number of ether oxygens (including phenoxy) is 2. The Bertz CT molecular complexity index is 728. The molecule has 1 heterocycles. The molecular formula is C22H29N3O3. The van der Waals surface area contributed by atoms with E-state index in [0.717, 1.165) is 37.7 Å². The molecule has 2 aromatic rings. The molecule has 3 rings (SSSR count). The van der Waals surface area contributed by atoms with Crippen molar-refractivity contribution in [1.29, 1.82) is 0 Å². The zero-order valence-corrected chi connectivity index (χ0v) is 16.7. The van der Waals surface area contributed by atoms with Crippen LogP contribution >= 0.6 is 0 Å². The van der Waals surface area contributed by atoms with Crippen LogP contribution in [0.4, 0.5) is 5.69 Å². The Balaban J connectivity index is 1.38. The highest BCUT2D eigenvalue weighted by atomic mass is 16.5. The van der Waals surface area contributed by atoms with Crippen LogP contribution in [0.1, 0.15) is 0 Å². The smallest absolute Gasteiger partial charge is 0.236 e. The number of methoxy groups -OCH3 is 1. The molecule has 1 saturated heterocycles. The number of benzene rings is 2. The van der Waals surface area contributed by atoms with E-state index in [1.165, 1.54) is 5.69 Å². The molecule has 6 heteroatoms. The molecule has 28 heavy (non-hydrogen) atoms. The van der Waals surface area contributed by atoms with Gasteiger partial charge in [-0.3, -0.25) is 9.69 Å². The van der Waals surface area contributed by atoms with E-state index in [9.17, 15) is 4.79 Å². The van der Waals surface area contributed by atoms with Gasteiger partial charge < -0.3 is 19.3 Å². The molecule has 0 radical (unpaired) electrons. The van der Waals surface area contributed by atoms with Gasteiger partial charge in [0.15, 0.2) is 0 Å². The fourth-order valence-corrected chi connectivity index (χ4v) is 3.25.